The molecule has 0 bridgehead atoms. The molecule has 1 aliphatic carbocycles. The fourth-order valence-corrected chi connectivity index (χ4v) is 5.38. The number of carbonyl (C=O) groups excluding carboxylic acids is 1. The van der Waals surface area contributed by atoms with Crippen LogP contribution >= 0.6 is 0 Å². The molecule has 180 valence electrons. The largest absolute Gasteiger partial charge is 0.385 e. The Kier molecular flexibility index (Phi) is 6.18. The third-order valence-electron chi connectivity index (χ3n) is 6.57. The van der Waals surface area contributed by atoms with Crippen molar-refractivity contribution in [3.05, 3.63) is 42.5 Å². The maximum absolute atomic E-state index is 12.8. The third kappa shape index (κ3) is 4.88. The number of fused-ring (bicyclic) bond motifs is 1. The molecule has 2 N–H and O–H groups in total. The quantitative estimate of drug-likeness (QED) is 0.336. The minimum atomic E-state index is -3.99. The maximum atomic E-state index is 12.8. The summed E-state index contributed by atoms with van der Waals surface area (Å²) >= 11 is 0. The molecular weight excluding hydrogens is 454 g/mol. The van der Waals surface area contributed by atoms with E-state index in [0.717, 1.165) is 44.4 Å². The second kappa shape index (κ2) is 9.27. The van der Waals surface area contributed by atoms with Crippen molar-refractivity contribution in [1.29, 1.82) is 0 Å². The molecule has 5 rings (SSSR count). The lowest BCUT2D eigenvalue weighted by molar-refractivity contribution is -0.107. The number of aromatic amines is 1. The Labute approximate surface area is 199 Å². The monoisotopic (exact) mass is 483 g/mol. The number of hydrogen-bond donors (Lipinski definition) is 2. The predicted octanol–water partition coefficient (Wildman–Crippen LogP) is 3.35. The van der Waals surface area contributed by atoms with Crippen LogP contribution in [0.5, 0.6) is 5.75 Å². The van der Waals surface area contributed by atoms with Gasteiger partial charge in [-0.1, -0.05) is 0 Å². The number of carbonyl (C=O) groups is 1. The van der Waals surface area contributed by atoms with Crippen molar-refractivity contribution >= 4 is 39.2 Å². The SMILES string of the molecule is CN1CCCC1CCNc1ccc(S(=O)(=O)Oc2ccc3nc(N(C=O)C4CC4)[nH]c3c2)cc1. The lowest BCUT2D eigenvalue weighted by Gasteiger charge is -2.19. The normalized spacial score (nSPS) is 18.8. The van der Waals surface area contributed by atoms with Gasteiger partial charge in [0.25, 0.3) is 0 Å². The number of imidazole rings is 1. The topological polar surface area (TPSA) is 108 Å². The molecule has 1 aromatic heterocycles. The molecule has 0 radical (unpaired) electrons. The summed E-state index contributed by atoms with van der Waals surface area (Å²) in [5.41, 5.74) is 2.11. The van der Waals surface area contributed by atoms with Gasteiger partial charge >= 0.3 is 10.1 Å². The number of rotatable bonds is 10. The Morgan fingerprint density at radius 1 is 1.21 bits per heavy atom. The minimum absolute atomic E-state index is 0.0832. The highest BCUT2D eigenvalue weighted by Gasteiger charge is 2.31. The molecule has 1 saturated carbocycles. The number of amides is 1. The first-order chi connectivity index (χ1) is 16.4. The van der Waals surface area contributed by atoms with Gasteiger partial charge < -0.3 is 19.4 Å². The number of likely N-dealkylation sites (tertiary alicyclic amines) is 1. The molecule has 9 nitrogen and oxygen atoms in total. The molecule has 1 saturated heterocycles. The van der Waals surface area contributed by atoms with Crippen LogP contribution < -0.4 is 14.4 Å². The Morgan fingerprint density at radius 3 is 2.68 bits per heavy atom. The molecule has 10 heteroatoms. The first-order valence-corrected chi connectivity index (χ1v) is 13.1. The van der Waals surface area contributed by atoms with E-state index in [1.54, 1.807) is 47.4 Å². The van der Waals surface area contributed by atoms with Crippen LogP contribution in [0.1, 0.15) is 32.1 Å². The summed E-state index contributed by atoms with van der Waals surface area (Å²) in [5, 5.41) is 3.37. The second-order valence-electron chi connectivity index (χ2n) is 9.04. The molecule has 2 fully saturated rings. The molecule has 34 heavy (non-hydrogen) atoms. The molecule has 1 atom stereocenters. The van der Waals surface area contributed by atoms with Gasteiger partial charge in [-0.25, -0.2) is 4.98 Å². The number of benzene rings is 2. The van der Waals surface area contributed by atoms with E-state index in [4.69, 9.17) is 4.18 Å². The highest BCUT2D eigenvalue weighted by atomic mass is 32.2. The average Bonchev–Trinajstić information content (AvgIpc) is 3.43. The van der Waals surface area contributed by atoms with Crippen molar-refractivity contribution in [2.75, 3.05) is 30.4 Å². The number of nitrogens with zero attached hydrogens (tertiary/aromatic N) is 3. The molecule has 2 heterocycles. The van der Waals surface area contributed by atoms with E-state index in [-0.39, 0.29) is 16.7 Å². The smallest absolute Gasteiger partial charge is 0.339 e. The van der Waals surface area contributed by atoms with Crippen molar-refractivity contribution in [2.45, 2.75) is 49.1 Å². The number of hydrogen-bond acceptors (Lipinski definition) is 7. The van der Waals surface area contributed by atoms with Crippen LogP contribution in [0.25, 0.3) is 11.0 Å². The molecule has 3 aromatic rings. The van der Waals surface area contributed by atoms with Gasteiger partial charge in [-0.05, 0) is 82.1 Å². The Hall–Kier alpha value is -3.11. The molecule has 1 amide bonds. The molecule has 1 unspecified atom stereocenters. The highest BCUT2D eigenvalue weighted by molar-refractivity contribution is 7.87. The van der Waals surface area contributed by atoms with Crippen molar-refractivity contribution in [3.63, 3.8) is 0 Å². The number of H-pyrrole nitrogens is 1. The zero-order valence-electron chi connectivity index (χ0n) is 19.1. The van der Waals surface area contributed by atoms with Crippen LogP contribution in [0.15, 0.2) is 47.4 Å². The van der Waals surface area contributed by atoms with E-state index in [0.29, 0.717) is 23.0 Å². The average molecular weight is 484 g/mol. The van der Waals surface area contributed by atoms with Crippen molar-refractivity contribution < 1.29 is 17.4 Å². The fourth-order valence-electron chi connectivity index (χ4n) is 4.45. The predicted molar refractivity (Wildman–Crippen MR) is 131 cm³/mol. The number of nitrogens with one attached hydrogen (secondary N) is 2. The van der Waals surface area contributed by atoms with Crippen molar-refractivity contribution in [3.8, 4) is 5.75 Å². The first-order valence-electron chi connectivity index (χ1n) is 11.6. The fraction of sp³-hybridized carbons (Fsp3) is 0.417. The standard InChI is InChI=1S/C24H29N5O4S/c1-28-14-2-3-18(28)12-13-25-17-4-9-21(10-5-17)34(31,32)33-20-8-11-22-23(15-20)27-24(26-22)29(16-30)19-6-7-19/h4-5,8-11,15-16,18-19,25H,2-3,6-7,12-14H2,1H3,(H,26,27). The Bertz CT molecular complexity index is 1270. The summed E-state index contributed by atoms with van der Waals surface area (Å²) in [5.74, 6) is 0.629. The lowest BCUT2D eigenvalue weighted by Crippen LogP contribution is -2.26. The highest BCUT2D eigenvalue weighted by Crippen LogP contribution is 2.31. The van der Waals surface area contributed by atoms with Crippen LogP contribution in [-0.4, -0.2) is 61.9 Å². The second-order valence-corrected chi connectivity index (χ2v) is 10.6. The third-order valence-corrected chi connectivity index (χ3v) is 7.83. The maximum Gasteiger partial charge on any atom is 0.339 e. The van der Waals surface area contributed by atoms with Crippen molar-refractivity contribution in [1.82, 2.24) is 14.9 Å². The molecule has 2 aliphatic rings. The minimum Gasteiger partial charge on any atom is -0.385 e. The first kappa shape index (κ1) is 22.7. The molecule has 2 aromatic carbocycles. The van der Waals surface area contributed by atoms with Crippen LogP contribution in [0.2, 0.25) is 0 Å². The number of aromatic nitrogens is 2. The summed E-state index contributed by atoms with van der Waals surface area (Å²) in [6.07, 6.45) is 6.21. The van der Waals surface area contributed by atoms with Crippen LogP contribution in [0.3, 0.4) is 0 Å². The molecule has 0 spiro atoms. The van der Waals surface area contributed by atoms with E-state index in [1.807, 2.05) is 0 Å². The van der Waals surface area contributed by atoms with Crippen LogP contribution in [-0.2, 0) is 14.9 Å². The van der Waals surface area contributed by atoms with E-state index >= 15 is 0 Å². The van der Waals surface area contributed by atoms with Gasteiger partial charge in [-0.15, -0.1) is 0 Å². The summed E-state index contributed by atoms with van der Waals surface area (Å²) in [6, 6.07) is 12.2. The van der Waals surface area contributed by atoms with Gasteiger partial charge in [0, 0.05) is 30.4 Å². The van der Waals surface area contributed by atoms with Gasteiger partial charge in [-0.2, -0.15) is 8.42 Å². The van der Waals surface area contributed by atoms with Crippen LogP contribution in [0.4, 0.5) is 11.6 Å². The van der Waals surface area contributed by atoms with Gasteiger partial charge in [0.15, 0.2) is 0 Å². The van der Waals surface area contributed by atoms with Gasteiger partial charge in [-0.3, -0.25) is 9.69 Å². The lowest BCUT2D eigenvalue weighted by atomic mass is 10.1. The van der Waals surface area contributed by atoms with Gasteiger partial charge in [0.2, 0.25) is 12.4 Å². The van der Waals surface area contributed by atoms with E-state index in [2.05, 4.69) is 27.2 Å². The summed E-state index contributed by atoms with van der Waals surface area (Å²) in [4.78, 5) is 22.9. The zero-order chi connectivity index (χ0) is 23.7. The molecule has 1 aliphatic heterocycles. The van der Waals surface area contributed by atoms with Gasteiger partial charge in [0.1, 0.15) is 10.6 Å². The summed E-state index contributed by atoms with van der Waals surface area (Å²) in [7, 11) is -1.83. The summed E-state index contributed by atoms with van der Waals surface area (Å²) < 4.78 is 31.0. The molecular formula is C24H29N5O4S. The summed E-state index contributed by atoms with van der Waals surface area (Å²) in [6.45, 7) is 2.00. The zero-order valence-corrected chi connectivity index (χ0v) is 19.9. The number of anilines is 2. The van der Waals surface area contributed by atoms with Gasteiger partial charge in [0.05, 0.1) is 11.0 Å². The Morgan fingerprint density at radius 2 is 2.00 bits per heavy atom. The van der Waals surface area contributed by atoms with E-state index in [1.165, 1.54) is 12.8 Å². The van der Waals surface area contributed by atoms with E-state index < -0.39 is 10.1 Å². The van der Waals surface area contributed by atoms with Crippen molar-refractivity contribution in [2.24, 2.45) is 0 Å². The van der Waals surface area contributed by atoms with Crippen LogP contribution in [0, 0.1) is 0 Å². The Balaban J connectivity index is 1.23. The van der Waals surface area contributed by atoms with E-state index in [9.17, 15) is 13.2 Å².